The van der Waals surface area contributed by atoms with Crippen molar-refractivity contribution in [3.8, 4) is 5.75 Å². The van der Waals surface area contributed by atoms with Crippen LogP contribution in [0.15, 0.2) is 71.1 Å². The van der Waals surface area contributed by atoms with Crippen molar-refractivity contribution in [1.82, 2.24) is 4.98 Å². The fourth-order valence-electron chi connectivity index (χ4n) is 2.68. The number of anilines is 1. The van der Waals surface area contributed by atoms with Gasteiger partial charge in [0, 0.05) is 11.6 Å². The molecular formula is C21H22N2O6S2. The molecule has 1 N–H and O–H groups in total. The molecule has 0 radical (unpaired) electrons. The van der Waals surface area contributed by atoms with E-state index >= 15 is 0 Å². The van der Waals surface area contributed by atoms with Crippen LogP contribution in [-0.2, 0) is 14.8 Å². The number of esters is 1. The van der Waals surface area contributed by atoms with Crippen molar-refractivity contribution in [3.63, 3.8) is 0 Å². The van der Waals surface area contributed by atoms with Crippen LogP contribution in [0.4, 0.5) is 5.13 Å². The highest BCUT2D eigenvalue weighted by Crippen LogP contribution is 2.26. The molecule has 0 aliphatic heterocycles. The molecule has 2 aromatic carbocycles. The lowest BCUT2D eigenvalue weighted by atomic mass is 10.2. The number of sulfonamides is 1. The van der Waals surface area contributed by atoms with E-state index < -0.39 is 22.1 Å². The predicted molar refractivity (Wildman–Crippen MR) is 117 cm³/mol. The SMILES string of the molecule is CCOC(=O)c1ccc(OC[C@@H](O)CN(c2nccs2)S(=O)(=O)c2ccccc2)cc1. The average Bonchev–Trinajstić information content (AvgIpc) is 3.31. The first-order chi connectivity index (χ1) is 14.9. The Kier molecular flexibility index (Phi) is 7.61. The third-order valence-corrected chi connectivity index (χ3v) is 6.83. The topological polar surface area (TPSA) is 106 Å². The monoisotopic (exact) mass is 462 g/mol. The van der Waals surface area contributed by atoms with E-state index in [-0.39, 0.29) is 29.8 Å². The lowest BCUT2D eigenvalue weighted by Gasteiger charge is -2.24. The van der Waals surface area contributed by atoms with Crippen LogP contribution in [0.3, 0.4) is 0 Å². The second-order valence-corrected chi connectivity index (χ2v) is 9.11. The summed E-state index contributed by atoms with van der Waals surface area (Å²) in [6, 6.07) is 14.2. The first-order valence-corrected chi connectivity index (χ1v) is 11.8. The van der Waals surface area contributed by atoms with E-state index in [0.717, 1.165) is 15.6 Å². The number of aliphatic hydroxyl groups is 1. The van der Waals surface area contributed by atoms with Crippen LogP contribution in [-0.4, -0.2) is 50.3 Å². The van der Waals surface area contributed by atoms with E-state index in [1.54, 1.807) is 54.8 Å². The minimum Gasteiger partial charge on any atom is -0.491 e. The molecule has 0 unspecified atom stereocenters. The number of aromatic nitrogens is 1. The second-order valence-electron chi connectivity index (χ2n) is 6.37. The van der Waals surface area contributed by atoms with E-state index in [1.165, 1.54) is 18.3 Å². The van der Waals surface area contributed by atoms with Crippen molar-refractivity contribution >= 4 is 32.5 Å². The zero-order chi connectivity index (χ0) is 22.3. The Morgan fingerprint density at radius 3 is 2.48 bits per heavy atom. The van der Waals surface area contributed by atoms with Crippen LogP contribution in [0.2, 0.25) is 0 Å². The van der Waals surface area contributed by atoms with Crippen molar-refractivity contribution in [3.05, 3.63) is 71.7 Å². The lowest BCUT2D eigenvalue weighted by molar-refractivity contribution is 0.0526. The van der Waals surface area contributed by atoms with Gasteiger partial charge >= 0.3 is 5.97 Å². The van der Waals surface area contributed by atoms with Crippen LogP contribution in [0.25, 0.3) is 0 Å². The second kappa shape index (κ2) is 10.4. The number of carbonyl (C=O) groups is 1. The molecule has 0 aliphatic rings. The summed E-state index contributed by atoms with van der Waals surface area (Å²) in [5, 5.41) is 12.4. The van der Waals surface area contributed by atoms with Gasteiger partial charge in [0.25, 0.3) is 10.0 Å². The summed E-state index contributed by atoms with van der Waals surface area (Å²) in [5.74, 6) is -0.00175. The predicted octanol–water partition coefficient (Wildman–Crippen LogP) is 2.96. The highest BCUT2D eigenvalue weighted by molar-refractivity contribution is 7.93. The number of benzene rings is 2. The van der Waals surface area contributed by atoms with Crippen molar-refractivity contribution in [2.24, 2.45) is 0 Å². The van der Waals surface area contributed by atoms with Crippen LogP contribution in [0.5, 0.6) is 5.75 Å². The van der Waals surface area contributed by atoms with Crippen LogP contribution in [0, 0.1) is 0 Å². The van der Waals surface area contributed by atoms with E-state index in [2.05, 4.69) is 4.98 Å². The molecule has 1 atom stereocenters. The number of nitrogens with zero attached hydrogens (tertiary/aromatic N) is 2. The minimum absolute atomic E-state index is 0.105. The number of thiazole rings is 1. The number of rotatable bonds is 10. The molecule has 8 nitrogen and oxygen atoms in total. The molecule has 0 saturated carbocycles. The number of carbonyl (C=O) groups excluding carboxylic acids is 1. The van der Waals surface area contributed by atoms with E-state index in [9.17, 15) is 18.3 Å². The Morgan fingerprint density at radius 1 is 1.16 bits per heavy atom. The molecule has 0 aliphatic carbocycles. The first-order valence-electron chi connectivity index (χ1n) is 9.47. The quantitative estimate of drug-likeness (QED) is 0.462. The molecule has 3 rings (SSSR count). The van der Waals surface area contributed by atoms with Gasteiger partial charge in [0.15, 0.2) is 5.13 Å². The molecule has 31 heavy (non-hydrogen) atoms. The molecule has 0 amide bonds. The zero-order valence-corrected chi connectivity index (χ0v) is 18.4. The molecule has 0 saturated heterocycles. The molecule has 10 heteroatoms. The van der Waals surface area contributed by atoms with E-state index in [4.69, 9.17) is 9.47 Å². The van der Waals surface area contributed by atoms with Crippen molar-refractivity contribution in [1.29, 1.82) is 0 Å². The van der Waals surface area contributed by atoms with Gasteiger partial charge in [-0.25, -0.2) is 22.5 Å². The summed E-state index contributed by atoms with van der Waals surface area (Å²) >= 11 is 1.16. The first kappa shape index (κ1) is 22.7. The van der Waals surface area contributed by atoms with Crippen molar-refractivity contribution < 1.29 is 27.8 Å². The summed E-state index contributed by atoms with van der Waals surface area (Å²) in [6.45, 7) is 1.63. The van der Waals surface area contributed by atoms with Gasteiger partial charge in [-0.3, -0.25) is 0 Å². The Labute approximate surface area is 184 Å². The van der Waals surface area contributed by atoms with Gasteiger partial charge < -0.3 is 14.6 Å². The van der Waals surface area contributed by atoms with Gasteiger partial charge in [0.05, 0.1) is 23.6 Å². The summed E-state index contributed by atoms with van der Waals surface area (Å²) in [6.07, 6.45) is 0.383. The van der Waals surface area contributed by atoms with Gasteiger partial charge in [-0.05, 0) is 43.3 Å². The third-order valence-electron chi connectivity index (χ3n) is 4.15. The summed E-state index contributed by atoms with van der Waals surface area (Å²) in [4.78, 5) is 15.9. The largest absolute Gasteiger partial charge is 0.491 e. The maximum absolute atomic E-state index is 13.1. The van der Waals surface area contributed by atoms with Gasteiger partial charge in [-0.1, -0.05) is 18.2 Å². The zero-order valence-electron chi connectivity index (χ0n) is 16.7. The Balaban J connectivity index is 1.68. The highest BCUT2D eigenvalue weighted by atomic mass is 32.2. The van der Waals surface area contributed by atoms with Crippen molar-refractivity contribution in [2.75, 3.05) is 24.1 Å². The molecule has 0 spiro atoms. The van der Waals surface area contributed by atoms with Crippen LogP contribution >= 0.6 is 11.3 Å². The lowest BCUT2D eigenvalue weighted by Crippen LogP contribution is -2.39. The van der Waals surface area contributed by atoms with Crippen molar-refractivity contribution in [2.45, 2.75) is 17.9 Å². The molecule has 1 aromatic heterocycles. The number of ether oxygens (including phenoxy) is 2. The normalized spacial score (nSPS) is 12.2. The van der Waals surface area contributed by atoms with E-state index in [0.29, 0.717) is 11.3 Å². The maximum atomic E-state index is 13.1. The molecule has 0 bridgehead atoms. The molecule has 0 fully saturated rings. The van der Waals surface area contributed by atoms with Gasteiger partial charge in [0.1, 0.15) is 18.5 Å². The summed E-state index contributed by atoms with van der Waals surface area (Å²) < 4.78 is 37.7. The maximum Gasteiger partial charge on any atom is 0.338 e. The van der Waals surface area contributed by atoms with Crippen LogP contribution < -0.4 is 9.04 Å². The summed E-state index contributed by atoms with van der Waals surface area (Å²) in [7, 11) is -3.91. The molecule has 3 aromatic rings. The van der Waals surface area contributed by atoms with Gasteiger partial charge in [-0.15, -0.1) is 11.3 Å². The highest BCUT2D eigenvalue weighted by Gasteiger charge is 2.29. The standard InChI is InChI=1S/C21H22N2O6S2/c1-2-28-20(25)16-8-10-18(11-9-16)29-15-17(24)14-23(21-22-12-13-30-21)31(26,27)19-6-4-3-5-7-19/h3-13,17,24H,2,14-15H2,1H3/t17-/m0/s1. The Hall–Kier alpha value is -2.95. The third kappa shape index (κ3) is 5.81. The minimum atomic E-state index is -3.91. The van der Waals surface area contributed by atoms with E-state index in [1.807, 2.05) is 0 Å². The van der Waals surface area contributed by atoms with Gasteiger partial charge in [0.2, 0.25) is 0 Å². The van der Waals surface area contributed by atoms with Crippen LogP contribution in [0.1, 0.15) is 17.3 Å². The number of hydrogen-bond acceptors (Lipinski definition) is 8. The molecule has 1 heterocycles. The fourth-order valence-corrected chi connectivity index (χ4v) is 5.03. The smallest absolute Gasteiger partial charge is 0.338 e. The Morgan fingerprint density at radius 2 is 1.87 bits per heavy atom. The Bertz CT molecular complexity index is 1070. The fraction of sp³-hybridized carbons (Fsp3) is 0.238. The number of hydrogen-bond donors (Lipinski definition) is 1. The van der Waals surface area contributed by atoms with Gasteiger partial charge in [-0.2, -0.15) is 0 Å². The molecular weight excluding hydrogens is 440 g/mol. The molecule has 164 valence electrons. The number of aliphatic hydroxyl groups excluding tert-OH is 1. The summed E-state index contributed by atoms with van der Waals surface area (Å²) in [5.41, 5.74) is 0.388. The average molecular weight is 463 g/mol.